The largest absolute Gasteiger partial charge is 0.304 e. The molecule has 5 nitrogen and oxygen atoms in total. The lowest BCUT2D eigenvalue weighted by molar-refractivity contribution is -0.159. The van der Waals surface area contributed by atoms with E-state index in [4.69, 9.17) is 0 Å². The van der Waals surface area contributed by atoms with Crippen LogP contribution in [0.3, 0.4) is 0 Å². The maximum absolute atomic E-state index is 11.4. The third-order valence-corrected chi connectivity index (χ3v) is 2.79. The first-order chi connectivity index (χ1) is 6.68. The van der Waals surface area contributed by atoms with Crippen molar-refractivity contribution in [3.63, 3.8) is 0 Å². The van der Waals surface area contributed by atoms with Crippen molar-refractivity contribution in [3.8, 4) is 0 Å². The van der Waals surface area contributed by atoms with Crippen molar-refractivity contribution >= 4 is 11.8 Å². The molecule has 0 radical (unpaired) electrons. The van der Waals surface area contributed by atoms with Gasteiger partial charge in [0.1, 0.15) is 0 Å². The van der Waals surface area contributed by atoms with Gasteiger partial charge in [0, 0.05) is 39.0 Å². The summed E-state index contributed by atoms with van der Waals surface area (Å²) in [4.78, 5) is 25.0. The average Bonchev–Trinajstić information content (AvgIpc) is 2.49. The molecule has 2 heterocycles. The Morgan fingerprint density at radius 3 is 1.93 bits per heavy atom. The number of carbonyl (C=O) groups is 2. The van der Waals surface area contributed by atoms with Crippen LogP contribution < -0.4 is 0 Å². The van der Waals surface area contributed by atoms with Crippen LogP contribution in [0, 0.1) is 0 Å². The van der Waals surface area contributed by atoms with Gasteiger partial charge in [-0.1, -0.05) is 0 Å². The van der Waals surface area contributed by atoms with E-state index in [0.29, 0.717) is 12.8 Å². The first kappa shape index (κ1) is 9.61. The molecule has 0 saturated carbocycles. The summed E-state index contributed by atoms with van der Waals surface area (Å²) in [6.45, 7) is 3.37. The zero-order valence-electron chi connectivity index (χ0n) is 8.40. The van der Waals surface area contributed by atoms with Crippen molar-refractivity contribution in [3.05, 3.63) is 0 Å². The third kappa shape index (κ3) is 1.65. The Bertz CT molecular complexity index is 243. The van der Waals surface area contributed by atoms with Crippen molar-refractivity contribution in [1.29, 1.82) is 0 Å². The van der Waals surface area contributed by atoms with Crippen LogP contribution in [-0.4, -0.2) is 60.0 Å². The summed E-state index contributed by atoms with van der Waals surface area (Å²) in [5, 5.41) is 3.21. The monoisotopic (exact) mass is 197 g/mol. The molecular formula is C9H15N3O2. The Kier molecular flexibility index (Phi) is 2.52. The molecular weight excluding hydrogens is 182 g/mol. The molecule has 0 spiro atoms. The van der Waals surface area contributed by atoms with Crippen LogP contribution in [-0.2, 0) is 9.59 Å². The number of hydrogen-bond donors (Lipinski definition) is 0. The summed E-state index contributed by atoms with van der Waals surface area (Å²) in [7, 11) is 2.05. The second kappa shape index (κ2) is 3.67. The number of hydrogen-bond acceptors (Lipinski definition) is 4. The maximum Gasteiger partial charge on any atom is 0.244 e. The van der Waals surface area contributed by atoms with Crippen molar-refractivity contribution in [1.82, 2.24) is 14.9 Å². The fraction of sp³-hybridized carbons (Fsp3) is 0.778. The molecule has 0 aliphatic carbocycles. The van der Waals surface area contributed by atoms with E-state index in [9.17, 15) is 9.59 Å². The minimum absolute atomic E-state index is 0.0421. The molecule has 0 aromatic carbocycles. The second-order valence-electron chi connectivity index (χ2n) is 3.86. The summed E-state index contributed by atoms with van der Waals surface area (Å²) in [5.41, 5.74) is 0. The average molecular weight is 197 g/mol. The molecule has 0 aromatic rings. The number of imide groups is 1. The van der Waals surface area contributed by atoms with Gasteiger partial charge in [0.25, 0.3) is 0 Å². The predicted octanol–water partition coefficient (Wildman–Crippen LogP) is -0.702. The molecule has 0 atom stereocenters. The van der Waals surface area contributed by atoms with E-state index in [1.807, 2.05) is 12.1 Å². The normalized spacial score (nSPS) is 26.2. The highest BCUT2D eigenvalue weighted by molar-refractivity contribution is 6.01. The van der Waals surface area contributed by atoms with Gasteiger partial charge in [-0.15, -0.1) is 0 Å². The number of rotatable bonds is 1. The molecule has 0 bridgehead atoms. The van der Waals surface area contributed by atoms with Gasteiger partial charge in [-0.25, -0.2) is 10.0 Å². The maximum atomic E-state index is 11.4. The molecule has 2 rings (SSSR count). The van der Waals surface area contributed by atoms with Crippen LogP contribution >= 0.6 is 0 Å². The molecule has 78 valence electrons. The topological polar surface area (TPSA) is 43.9 Å². The van der Waals surface area contributed by atoms with Gasteiger partial charge < -0.3 is 4.90 Å². The van der Waals surface area contributed by atoms with E-state index in [1.54, 1.807) is 0 Å². The molecule has 14 heavy (non-hydrogen) atoms. The number of hydrazine groups is 1. The highest BCUT2D eigenvalue weighted by Crippen LogP contribution is 2.15. The van der Waals surface area contributed by atoms with E-state index in [0.717, 1.165) is 26.2 Å². The summed E-state index contributed by atoms with van der Waals surface area (Å²) < 4.78 is 0. The quantitative estimate of drug-likeness (QED) is 0.521. The minimum Gasteiger partial charge on any atom is -0.304 e. The first-order valence-corrected chi connectivity index (χ1v) is 4.97. The van der Waals surface area contributed by atoms with Crippen molar-refractivity contribution < 1.29 is 9.59 Å². The molecule has 0 unspecified atom stereocenters. The fourth-order valence-corrected chi connectivity index (χ4v) is 1.88. The molecule has 2 fully saturated rings. The number of nitrogens with zero attached hydrogens (tertiary/aromatic N) is 3. The Morgan fingerprint density at radius 1 is 0.929 bits per heavy atom. The lowest BCUT2D eigenvalue weighted by atomic mass is 10.4. The zero-order valence-corrected chi connectivity index (χ0v) is 8.40. The van der Waals surface area contributed by atoms with Crippen LogP contribution in [0.2, 0.25) is 0 Å². The lowest BCUT2D eigenvalue weighted by Crippen LogP contribution is -2.54. The van der Waals surface area contributed by atoms with Crippen molar-refractivity contribution in [2.24, 2.45) is 0 Å². The van der Waals surface area contributed by atoms with Crippen LogP contribution in [0.15, 0.2) is 0 Å². The summed E-state index contributed by atoms with van der Waals surface area (Å²) in [6.07, 6.45) is 0.760. The Morgan fingerprint density at radius 2 is 1.43 bits per heavy atom. The summed E-state index contributed by atoms with van der Waals surface area (Å²) >= 11 is 0. The van der Waals surface area contributed by atoms with Gasteiger partial charge in [-0.05, 0) is 7.05 Å². The van der Waals surface area contributed by atoms with Crippen molar-refractivity contribution in [2.75, 3.05) is 33.2 Å². The first-order valence-electron chi connectivity index (χ1n) is 4.97. The van der Waals surface area contributed by atoms with Crippen molar-refractivity contribution in [2.45, 2.75) is 12.8 Å². The lowest BCUT2D eigenvalue weighted by Gasteiger charge is -2.36. The summed E-state index contributed by atoms with van der Waals surface area (Å²) in [5.74, 6) is -0.0842. The van der Waals surface area contributed by atoms with Crippen LogP contribution in [0.5, 0.6) is 0 Å². The van der Waals surface area contributed by atoms with Gasteiger partial charge in [0.05, 0.1) is 0 Å². The molecule has 2 saturated heterocycles. The van der Waals surface area contributed by atoms with Gasteiger partial charge in [0.2, 0.25) is 11.8 Å². The van der Waals surface area contributed by atoms with Crippen LogP contribution in [0.25, 0.3) is 0 Å². The molecule has 0 aromatic heterocycles. The number of piperazine rings is 1. The van der Waals surface area contributed by atoms with Crippen LogP contribution in [0.1, 0.15) is 12.8 Å². The Balaban J connectivity index is 2.00. The van der Waals surface area contributed by atoms with E-state index in [1.165, 1.54) is 5.01 Å². The molecule has 2 amide bonds. The van der Waals surface area contributed by atoms with E-state index >= 15 is 0 Å². The number of carbonyl (C=O) groups excluding carboxylic acids is 2. The smallest absolute Gasteiger partial charge is 0.244 e. The van der Waals surface area contributed by atoms with Gasteiger partial charge >= 0.3 is 0 Å². The van der Waals surface area contributed by atoms with E-state index < -0.39 is 0 Å². The highest BCUT2D eigenvalue weighted by Gasteiger charge is 2.34. The molecule has 2 aliphatic heterocycles. The SMILES string of the molecule is CN1CCN(N2C(=O)CCC2=O)CC1. The summed E-state index contributed by atoms with van der Waals surface area (Å²) in [6, 6.07) is 0. The minimum atomic E-state index is -0.0421. The predicted molar refractivity (Wildman–Crippen MR) is 50.2 cm³/mol. The second-order valence-corrected chi connectivity index (χ2v) is 3.86. The van der Waals surface area contributed by atoms with Gasteiger partial charge in [-0.2, -0.15) is 0 Å². The Hall–Kier alpha value is -0.940. The highest BCUT2D eigenvalue weighted by atomic mass is 16.2. The number of likely N-dealkylation sites (N-methyl/N-ethyl adjacent to an activating group) is 1. The zero-order chi connectivity index (χ0) is 10.1. The molecule has 0 N–H and O–H groups in total. The molecule has 2 aliphatic rings. The molecule has 5 heteroatoms. The van der Waals surface area contributed by atoms with E-state index in [2.05, 4.69) is 4.90 Å². The fourth-order valence-electron chi connectivity index (χ4n) is 1.88. The number of amides is 2. The standard InChI is InChI=1S/C9H15N3O2/c1-10-4-6-11(7-5-10)12-8(13)2-3-9(12)14/h2-7H2,1H3. The Labute approximate surface area is 83.2 Å². The van der Waals surface area contributed by atoms with E-state index in [-0.39, 0.29) is 11.8 Å². The van der Waals surface area contributed by atoms with Gasteiger partial charge in [0.15, 0.2) is 0 Å². The van der Waals surface area contributed by atoms with Gasteiger partial charge in [-0.3, -0.25) is 9.59 Å². The van der Waals surface area contributed by atoms with Crippen LogP contribution in [0.4, 0.5) is 0 Å². The third-order valence-electron chi connectivity index (χ3n) is 2.79.